The van der Waals surface area contributed by atoms with Crippen molar-refractivity contribution in [1.29, 1.82) is 0 Å². The summed E-state index contributed by atoms with van der Waals surface area (Å²) in [6.07, 6.45) is 8.24. The summed E-state index contributed by atoms with van der Waals surface area (Å²) in [6.45, 7) is 4.49. The molecule has 0 bridgehead atoms. The minimum Gasteiger partial charge on any atom is -0.450 e. The molecule has 1 aromatic rings. The molecule has 0 aliphatic rings. The van der Waals surface area contributed by atoms with Crippen molar-refractivity contribution in [3.63, 3.8) is 0 Å². The second kappa shape index (κ2) is 12.5. The predicted octanol–water partition coefficient (Wildman–Crippen LogP) is 4.77. The normalized spacial score (nSPS) is 9.70. The summed E-state index contributed by atoms with van der Waals surface area (Å²) in [4.78, 5) is 13.3. The fourth-order valence-electron chi connectivity index (χ4n) is 1.92. The van der Waals surface area contributed by atoms with Crippen LogP contribution in [-0.4, -0.2) is 21.4 Å². The molecule has 1 rings (SSSR count). The van der Waals surface area contributed by atoms with Crippen molar-refractivity contribution in [1.82, 2.24) is 4.98 Å². The molecular formula is C16H27NO3. The molecule has 0 saturated carbocycles. The van der Waals surface area contributed by atoms with Gasteiger partial charge in [0.2, 0.25) is 0 Å². The summed E-state index contributed by atoms with van der Waals surface area (Å²) in [5.41, 5.74) is 2.56. The van der Waals surface area contributed by atoms with Crippen LogP contribution in [0.3, 0.4) is 0 Å². The van der Waals surface area contributed by atoms with Gasteiger partial charge in [-0.05, 0) is 37.8 Å². The number of nitrogens with zero attached hydrogens (tertiary/aromatic N) is 1. The molecule has 1 heterocycles. The first-order valence-electron chi connectivity index (χ1n) is 7.46. The van der Waals surface area contributed by atoms with Crippen LogP contribution in [-0.2, 0) is 12.8 Å². The minimum absolute atomic E-state index is 1.15. The lowest BCUT2D eigenvalue weighted by molar-refractivity contribution is 0.137. The molecule has 20 heavy (non-hydrogen) atoms. The minimum atomic E-state index is -1.83. The van der Waals surface area contributed by atoms with Crippen LogP contribution in [0.4, 0.5) is 4.79 Å². The Hall–Kier alpha value is -1.58. The molecule has 2 N–H and O–H groups in total. The number of hydrogen-bond acceptors (Lipinski definition) is 2. The number of aryl methyl sites for hydroxylation is 2. The molecule has 0 saturated heterocycles. The van der Waals surface area contributed by atoms with E-state index >= 15 is 0 Å². The Morgan fingerprint density at radius 2 is 1.35 bits per heavy atom. The van der Waals surface area contributed by atoms with Crippen LogP contribution in [0.15, 0.2) is 18.2 Å². The van der Waals surface area contributed by atoms with Crippen LogP contribution in [0.5, 0.6) is 0 Å². The maximum Gasteiger partial charge on any atom is 0.503 e. The Morgan fingerprint density at radius 1 is 0.950 bits per heavy atom. The van der Waals surface area contributed by atoms with E-state index in [2.05, 4.69) is 32.0 Å². The summed E-state index contributed by atoms with van der Waals surface area (Å²) in [7, 11) is 0. The van der Waals surface area contributed by atoms with Crippen molar-refractivity contribution in [3.8, 4) is 0 Å². The van der Waals surface area contributed by atoms with Crippen LogP contribution in [0.2, 0.25) is 0 Å². The van der Waals surface area contributed by atoms with Crippen molar-refractivity contribution in [2.45, 2.75) is 65.2 Å². The molecule has 0 unspecified atom stereocenters. The molecule has 0 aliphatic carbocycles. The first kappa shape index (κ1) is 18.4. The molecule has 114 valence electrons. The lowest BCUT2D eigenvalue weighted by Gasteiger charge is -2.04. The topological polar surface area (TPSA) is 70.4 Å². The van der Waals surface area contributed by atoms with Gasteiger partial charge in [-0.3, -0.25) is 4.98 Å². The Bertz CT molecular complexity index is 337. The van der Waals surface area contributed by atoms with Gasteiger partial charge in [0.25, 0.3) is 0 Å². The number of pyridine rings is 1. The summed E-state index contributed by atoms with van der Waals surface area (Å²) in [5.74, 6) is 0. The summed E-state index contributed by atoms with van der Waals surface area (Å²) in [6, 6.07) is 6.49. The maximum atomic E-state index is 8.56. The summed E-state index contributed by atoms with van der Waals surface area (Å²) in [5, 5.41) is 13.9. The molecule has 0 aliphatic heterocycles. The number of aromatic nitrogens is 1. The highest BCUT2D eigenvalue weighted by Gasteiger charge is 1.98. The van der Waals surface area contributed by atoms with Gasteiger partial charge >= 0.3 is 6.16 Å². The van der Waals surface area contributed by atoms with E-state index in [1.807, 2.05) is 0 Å². The third kappa shape index (κ3) is 11.5. The highest BCUT2D eigenvalue weighted by atomic mass is 16.6. The lowest BCUT2D eigenvalue weighted by atomic mass is 10.1. The molecule has 0 fully saturated rings. The number of hydrogen-bond donors (Lipinski definition) is 2. The summed E-state index contributed by atoms with van der Waals surface area (Å²) < 4.78 is 0. The predicted molar refractivity (Wildman–Crippen MR) is 81.3 cm³/mol. The van der Waals surface area contributed by atoms with Gasteiger partial charge < -0.3 is 10.2 Å². The van der Waals surface area contributed by atoms with E-state index in [-0.39, 0.29) is 0 Å². The molecule has 4 nitrogen and oxygen atoms in total. The zero-order valence-electron chi connectivity index (χ0n) is 12.6. The Kier molecular flexibility index (Phi) is 11.5. The Morgan fingerprint density at radius 3 is 1.70 bits per heavy atom. The van der Waals surface area contributed by atoms with E-state index in [1.165, 1.54) is 49.9 Å². The third-order valence-electron chi connectivity index (χ3n) is 2.94. The number of rotatable bonds is 8. The average molecular weight is 281 g/mol. The average Bonchev–Trinajstić information content (AvgIpc) is 2.39. The van der Waals surface area contributed by atoms with Gasteiger partial charge in [0, 0.05) is 11.4 Å². The van der Waals surface area contributed by atoms with E-state index in [0.717, 1.165) is 12.8 Å². The smallest absolute Gasteiger partial charge is 0.450 e. The monoisotopic (exact) mass is 281 g/mol. The fraction of sp³-hybridized carbons (Fsp3) is 0.625. The van der Waals surface area contributed by atoms with E-state index in [4.69, 9.17) is 20.0 Å². The lowest BCUT2D eigenvalue weighted by Crippen LogP contribution is -1.96. The highest BCUT2D eigenvalue weighted by Crippen LogP contribution is 2.08. The largest absolute Gasteiger partial charge is 0.503 e. The Balaban J connectivity index is 0.000000796. The van der Waals surface area contributed by atoms with Gasteiger partial charge in [0.15, 0.2) is 0 Å². The molecular weight excluding hydrogens is 254 g/mol. The standard InChI is InChI=1S/C15H25N.CH2O3/c1-3-5-7-10-14-12-9-13-15(16-14)11-8-6-4-2;2-1(3)4/h9,12-13H,3-8,10-11H2,1-2H3;(H2,2,3,4). The SMILES string of the molecule is CCCCCc1cccc(CCCCC)n1.O=C(O)O. The van der Waals surface area contributed by atoms with Crippen molar-refractivity contribution in [3.05, 3.63) is 29.6 Å². The van der Waals surface area contributed by atoms with Crippen molar-refractivity contribution in [2.24, 2.45) is 0 Å². The third-order valence-corrected chi connectivity index (χ3v) is 2.94. The van der Waals surface area contributed by atoms with Crippen LogP contribution >= 0.6 is 0 Å². The maximum absolute atomic E-state index is 8.56. The molecule has 0 spiro atoms. The molecule has 1 aromatic heterocycles. The van der Waals surface area contributed by atoms with Crippen molar-refractivity contribution >= 4 is 6.16 Å². The van der Waals surface area contributed by atoms with Gasteiger partial charge in [-0.25, -0.2) is 4.79 Å². The van der Waals surface area contributed by atoms with Crippen LogP contribution in [0.1, 0.15) is 63.8 Å². The molecule has 0 amide bonds. The van der Waals surface area contributed by atoms with Gasteiger partial charge in [-0.15, -0.1) is 0 Å². The van der Waals surface area contributed by atoms with Gasteiger partial charge in [0.1, 0.15) is 0 Å². The van der Waals surface area contributed by atoms with E-state index in [9.17, 15) is 0 Å². The highest BCUT2D eigenvalue weighted by molar-refractivity contribution is 5.53. The van der Waals surface area contributed by atoms with Crippen LogP contribution < -0.4 is 0 Å². The van der Waals surface area contributed by atoms with Crippen LogP contribution in [0.25, 0.3) is 0 Å². The molecule has 0 atom stereocenters. The van der Waals surface area contributed by atoms with Gasteiger partial charge in [-0.2, -0.15) is 0 Å². The summed E-state index contributed by atoms with van der Waals surface area (Å²) >= 11 is 0. The van der Waals surface area contributed by atoms with E-state index < -0.39 is 6.16 Å². The second-order valence-electron chi connectivity index (χ2n) is 4.82. The quantitative estimate of drug-likeness (QED) is 0.673. The first-order chi connectivity index (χ1) is 9.60. The van der Waals surface area contributed by atoms with Crippen LogP contribution in [0, 0.1) is 0 Å². The molecule has 0 aromatic carbocycles. The zero-order chi connectivity index (χ0) is 15.2. The second-order valence-corrected chi connectivity index (χ2v) is 4.82. The van der Waals surface area contributed by atoms with E-state index in [1.54, 1.807) is 0 Å². The number of carboxylic acid groups (broad SMARTS) is 2. The fourth-order valence-corrected chi connectivity index (χ4v) is 1.92. The first-order valence-corrected chi connectivity index (χ1v) is 7.46. The van der Waals surface area contributed by atoms with E-state index in [0.29, 0.717) is 0 Å². The molecule has 4 heteroatoms. The number of unbranched alkanes of at least 4 members (excludes halogenated alkanes) is 4. The molecule has 0 radical (unpaired) electrons. The number of carbonyl (C=O) groups is 1. The Labute approximate surface area is 121 Å². The van der Waals surface area contributed by atoms with Gasteiger partial charge in [-0.1, -0.05) is 45.6 Å². The van der Waals surface area contributed by atoms with Crippen molar-refractivity contribution < 1.29 is 15.0 Å². The van der Waals surface area contributed by atoms with Gasteiger partial charge in [0.05, 0.1) is 0 Å². The zero-order valence-corrected chi connectivity index (χ0v) is 12.6. The van der Waals surface area contributed by atoms with Crippen molar-refractivity contribution in [2.75, 3.05) is 0 Å².